The Morgan fingerprint density at radius 1 is 0.783 bits per heavy atom. The summed E-state index contributed by atoms with van der Waals surface area (Å²) in [6.45, 7) is 5.16. The average molecular weight is 641 g/mol. The summed E-state index contributed by atoms with van der Waals surface area (Å²) in [5.74, 6) is -1.70. The number of carbonyl (C=O) groups is 4. The lowest BCUT2D eigenvalue weighted by atomic mass is 9.98. The van der Waals surface area contributed by atoms with Gasteiger partial charge < -0.3 is 42.3 Å². The predicted octanol–water partition coefficient (Wildman–Crippen LogP) is 3.08. The topological polar surface area (TPSA) is 172 Å². The first kappa shape index (κ1) is 32.3. The molecule has 0 unspecified atom stereocenters. The maximum absolute atomic E-state index is 13.5. The monoisotopic (exact) mass is 640 g/mol. The summed E-state index contributed by atoms with van der Waals surface area (Å²) in [7, 11) is 0. The van der Waals surface area contributed by atoms with Crippen LogP contribution in [0.3, 0.4) is 0 Å². The van der Waals surface area contributed by atoms with Crippen molar-refractivity contribution >= 4 is 34.8 Å². The molecule has 5 rings (SSSR count). The fourth-order valence-corrected chi connectivity index (χ4v) is 5.13. The molecule has 46 heavy (non-hydrogen) atoms. The lowest BCUT2D eigenvalue weighted by Crippen LogP contribution is -2.63. The van der Waals surface area contributed by atoms with Crippen LogP contribution in [-0.4, -0.2) is 74.4 Å². The van der Waals surface area contributed by atoms with E-state index in [-0.39, 0.29) is 22.1 Å². The first-order valence-electron chi connectivity index (χ1n) is 14.4. The molecule has 0 saturated carbocycles. The van der Waals surface area contributed by atoms with E-state index in [1.807, 2.05) is 0 Å². The van der Waals surface area contributed by atoms with E-state index in [4.69, 9.17) is 42.3 Å². The highest BCUT2D eigenvalue weighted by atomic mass is 16.7. The molecule has 0 aliphatic carbocycles. The van der Waals surface area contributed by atoms with Gasteiger partial charge in [0.25, 0.3) is 0 Å². The SMILES string of the molecule is CC(=O)OC[C@@H]1O[C@@H](Oc2ccc3c(=O)c(-c4ccc5c(c4)OCCCO5)coc3c2)[C@@H](OC(C)=O)[C@@H](OC(C)=O)[C@@H]1OC(C)=O. The lowest BCUT2D eigenvalue weighted by Gasteiger charge is -2.43. The third-order valence-corrected chi connectivity index (χ3v) is 7.01. The van der Waals surface area contributed by atoms with Gasteiger partial charge in [0.2, 0.25) is 12.4 Å². The van der Waals surface area contributed by atoms with Crippen molar-refractivity contribution in [2.75, 3.05) is 19.8 Å². The van der Waals surface area contributed by atoms with Gasteiger partial charge >= 0.3 is 23.9 Å². The van der Waals surface area contributed by atoms with Gasteiger partial charge in [-0.15, -0.1) is 0 Å². The molecule has 0 N–H and O–H groups in total. The summed E-state index contributed by atoms with van der Waals surface area (Å²) >= 11 is 0. The minimum absolute atomic E-state index is 0.125. The van der Waals surface area contributed by atoms with Gasteiger partial charge in [0.15, 0.2) is 29.1 Å². The van der Waals surface area contributed by atoms with Crippen molar-refractivity contribution in [2.45, 2.75) is 64.8 Å². The zero-order valence-corrected chi connectivity index (χ0v) is 25.5. The number of rotatable bonds is 8. The second kappa shape index (κ2) is 13.9. The Labute approximate surface area is 262 Å². The number of carbonyl (C=O) groups excluding carboxylic acids is 4. The number of benzene rings is 2. The average Bonchev–Trinajstić information content (AvgIpc) is 3.24. The molecule has 14 heteroatoms. The van der Waals surface area contributed by atoms with E-state index in [0.29, 0.717) is 35.8 Å². The molecule has 244 valence electrons. The van der Waals surface area contributed by atoms with E-state index in [2.05, 4.69) is 0 Å². The van der Waals surface area contributed by atoms with Crippen LogP contribution in [0, 0.1) is 0 Å². The van der Waals surface area contributed by atoms with Crippen LogP contribution in [-0.2, 0) is 42.9 Å². The largest absolute Gasteiger partial charge is 0.490 e. The van der Waals surface area contributed by atoms with Crippen LogP contribution in [0.4, 0.5) is 0 Å². The van der Waals surface area contributed by atoms with E-state index in [1.54, 1.807) is 18.2 Å². The Morgan fingerprint density at radius 3 is 2.15 bits per heavy atom. The molecule has 0 radical (unpaired) electrons. The zero-order chi connectivity index (χ0) is 33.0. The molecule has 2 aliphatic heterocycles. The quantitative estimate of drug-likeness (QED) is 0.260. The van der Waals surface area contributed by atoms with Crippen LogP contribution in [0.25, 0.3) is 22.1 Å². The summed E-state index contributed by atoms with van der Waals surface area (Å²) in [5.41, 5.74) is 0.745. The third kappa shape index (κ3) is 7.40. The molecular weight excluding hydrogens is 608 g/mol. The van der Waals surface area contributed by atoms with Gasteiger partial charge in [-0.2, -0.15) is 0 Å². The molecule has 0 amide bonds. The Morgan fingerprint density at radius 2 is 1.46 bits per heavy atom. The molecule has 14 nitrogen and oxygen atoms in total. The normalized spacial score (nSPS) is 22.2. The Bertz CT molecular complexity index is 1690. The fraction of sp³-hybridized carbons (Fsp3) is 0.406. The number of hydrogen-bond acceptors (Lipinski definition) is 14. The minimum atomic E-state index is -1.45. The van der Waals surface area contributed by atoms with E-state index < -0.39 is 61.2 Å². The molecule has 1 saturated heterocycles. The second-order valence-corrected chi connectivity index (χ2v) is 10.5. The maximum atomic E-state index is 13.5. The van der Waals surface area contributed by atoms with Gasteiger partial charge in [-0.25, -0.2) is 0 Å². The lowest BCUT2D eigenvalue weighted by molar-refractivity contribution is -0.288. The van der Waals surface area contributed by atoms with Crippen molar-refractivity contribution in [1.82, 2.24) is 0 Å². The molecule has 1 fully saturated rings. The van der Waals surface area contributed by atoms with Crippen molar-refractivity contribution in [3.05, 3.63) is 52.9 Å². The van der Waals surface area contributed by atoms with Gasteiger partial charge in [0.05, 0.1) is 24.2 Å². The Hall–Kier alpha value is -5.11. The van der Waals surface area contributed by atoms with Crippen LogP contribution in [0.5, 0.6) is 17.2 Å². The number of esters is 4. The van der Waals surface area contributed by atoms with Gasteiger partial charge in [-0.05, 0) is 29.8 Å². The number of hydrogen-bond donors (Lipinski definition) is 0. The third-order valence-electron chi connectivity index (χ3n) is 7.01. The molecule has 1 aromatic heterocycles. The van der Waals surface area contributed by atoms with E-state index in [1.165, 1.54) is 31.4 Å². The molecule has 2 aromatic carbocycles. The van der Waals surface area contributed by atoms with Gasteiger partial charge in [-0.1, -0.05) is 6.07 Å². The molecular formula is C32H32O14. The Kier molecular flexibility index (Phi) is 9.75. The van der Waals surface area contributed by atoms with Crippen molar-refractivity contribution in [3.63, 3.8) is 0 Å². The van der Waals surface area contributed by atoms with E-state index >= 15 is 0 Å². The van der Waals surface area contributed by atoms with Crippen LogP contribution >= 0.6 is 0 Å². The zero-order valence-electron chi connectivity index (χ0n) is 25.5. The Balaban J connectivity index is 1.46. The first-order chi connectivity index (χ1) is 22.0. The highest BCUT2D eigenvalue weighted by Crippen LogP contribution is 2.35. The summed E-state index contributed by atoms with van der Waals surface area (Å²) < 4.78 is 50.6. The summed E-state index contributed by atoms with van der Waals surface area (Å²) in [5, 5.41) is 0.249. The maximum Gasteiger partial charge on any atom is 0.303 e. The van der Waals surface area contributed by atoms with Crippen molar-refractivity contribution < 1.29 is 61.5 Å². The molecule has 2 aliphatic rings. The van der Waals surface area contributed by atoms with Crippen molar-refractivity contribution in [1.29, 1.82) is 0 Å². The van der Waals surface area contributed by atoms with Crippen LogP contribution < -0.4 is 19.6 Å². The minimum Gasteiger partial charge on any atom is -0.490 e. The fourth-order valence-electron chi connectivity index (χ4n) is 5.13. The summed E-state index contributed by atoms with van der Waals surface area (Å²) in [6.07, 6.45) is -4.74. The molecule has 3 heterocycles. The first-order valence-corrected chi connectivity index (χ1v) is 14.4. The summed E-state index contributed by atoms with van der Waals surface area (Å²) in [4.78, 5) is 61.2. The molecule has 0 spiro atoms. The highest BCUT2D eigenvalue weighted by Gasteiger charge is 2.53. The molecule has 3 aromatic rings. The van der Waals surface area contributed by atoms with Crippen LogP contribution in [0.1, 0.15) is 34.1 Å². The van der Waals surface area contributed by atoms with Crippen LogP contribution in [0.2, 0.25) is 0 Å². The molecule has 5 atom stereocenters. The van der Waals surface area contributed by atoms with E-state index in [9.17, 15) is 24.0 Å². The highest BCUT2D eigenvalue weighted by molar-refractivity contribution is 5.83. The summed E-state index contributed by atoms with van der Waals surface area (Å²) in [6, 6.07) is 9.61. The van der Waals surface area contributed by atoms with Gasteiger partial charge in [-0.3, -0.25) is 24.0 Å². The predicted molar refractivity (Wildman–Crippen MR) is 156 cm³/mol. The van der Waals surface area contributed by atoms with Crippen molar-refractivity contribution in [3.8, 4) is 28.4 Å². The van der Waals surface area contributed by atoms with E-state index in [0.717, 1.165) is 27.2 Å². The van der Waals surface area contributed by atoms with Crippen molar-refractivity contribution in [2.24, 2.45) is 0 Å². The second-order valence-electron chi connectivity index (χ2n) is 10.5. The van der Waals surface area contributed by atoms with Crippen LogP contribution in [0.15, 0.2) is 51.9 Å². The smallest absolute Gasteiger partial charge is 0.303 e. The number of ether oxygens (including phenoxy) is 8. The van der Waals surface area contributed by atoms with Gasteiger partial charge in [0, 0.05) is 40.2 Å². The molecule has 0 bridgehead atoms. The van der Waals surface area contributed by atoms with Gasteiger partial charge in [0.1, 0.15) is 30.3 Å². The number of fused-ring (bicyclic) bond motifs is 2. The standard InChI is InChI=1S/C32H32O14/c1-16(33)40-15-27-29(42-17(2)34)30(43-18(3)35)31(44-19(4)36)32(46-27)45-21-7-8-22-25(13-21)41-14-23(28(22)37)20-6-9-24-26(12-20)39-11-5-10-38-24/h6-9,12-14,27,29-32H,5,10-11,15H2,1-4H3/t27-,29+,30-,31-,32+/m0/s1.